The number of nitrogens with zero attached hydrogens (tertiary/aromatic N) is 2. The van der Waals surface area contributed by atoms with Gasteiger partial charge in [0, 0.05) is 19.3 Å². The minimum absolute atomic E-state index is 0.789. The zero-order valence-electron chi connectivity index (χ0n) is 9.95. The molecule has 1 rings (SSSR count). The number of aryl methyl sites for hydroxylation is 1. The Balaban J connectivity index is 2.89. The molecule has 15 heavy (non-hydrogen) atoms. The highest BCUT2D eigenvalue weighted by atomic mass is 15.2. The van der Waals surface area contributed by atoms with Crippen molar-refractivity contribution in [2.24, 2.45) is 0 Å². The number of rotatable bonds is 5. The molecular weight excluding hydrogens is 186 g/mol. The maximum absolute atomic E-state index is 5.98. The maximum Gasteiger partial charge on any atom is 0.151 e. The summed E-state index contributed by atoms with van der Waals surface area (Å²) in [5.74, 6) is 0.935. The maximum atomic E-state index is 5.98. The van der Waals surface area contributed by atoms with E-state index >= 15 is 0 Å². The third-order valence-electron chi connectivity index (χ3n) is 2.32. The SMILES string of the molecule is CCCN(CCC)c1ncc(C)cc1N. The Morgan fingerprint density at radius 1 is 1.27 bits per heavy atom. The van der Waals surface area contributed by atoms with Crippen LogP contribution in [0.25, 0.3) is 0 Å². The van der Waals surface area contributed by atoms with Gasteiger partial charge in [0.15, 0.2) is 5.82 Å². The van der Waals surface area contributed by atoms with Crippen LogP contribution < -0.4 is 10.6 Å². The van der Waals surface area contributed by atoms with Crippen LogP contribution >= 0.6 is 0 Å². The second-order valence-electron chi connectivity index (χ2n) is 3.91. The van der Waals surface area contributed by atoms with Gasteiger partial charge in [-0.25, -0.2) is 4.98 Å². The number of anilines is 2. The summed E-state index contributed by atoms with van der Waals surface area (Å²) in [7, 11) is 0. The molecule has 0 amide bonds. The topological polar surface area (TPSA) is 42.2 Å². The molecule has 0 saturated heterocycles. The van der Waals surface area contributed by atoms with E-state index in [2.05, 4.69) is 23.7 Å². The first-order valence-corrected chi connectivity index (χ1v) is 5.66. The van der Waals surface area contributed by atoms with E-state index < -0.39 is 0 Å². The monoisotopic (exact) mass is 207 g/mol. The summed E-state index contributed by atoms with van der Waals surface area (Å²) in [5.41, 5.74) is 7.88. The van der Waals surface area contributed by atoms with E-state index in [4.69, 9.17) is 5.73 Å². The first-order chi connectivity index (χ1) is 7.19. The second-order valence-corrected chi connectivity index (χ2v) is 3.91. The molecule has 3 nitrogen and oxygen atoms in total. The first-order valence-electron chi connectivity index (χ1n) is 5.66. The van der Waals surface area contributed by atoms with Gasteiger partial charge in [-0.1, -0.05) is 13.8 Å². The quantitative estimate of drug-likeness (QED) is 0.807. The lowest BCUT2D eigenvalue weighted by Crippen LogP contribution is -2.26. The van der Waals surface area contributed by atoms with E-state index in [0.29, 0.717) is 0 Å². The summed E-state index contributed by atoms with van der Waals surface area (Å²) in [6.07, 6.45) is 4.12. The summed E-state index contributed by atoms with van der Waals surface area (Å²) >= 11 is 0. The number of pyridine rings is 1. The van der Waals surface area contributed by atoms with Crippen LogP contribution in [0.2, 0.25) is 0 Å². The van der Waals surface area contributed by atoms with Gasteiger partial charge in [-0.15, -0.1) is 0 Å². The molecule has 0 aliphatic heterocycles. The number of nitrogens with two attached hydrogens (primary N) is 1. The Morgan fingerprint density at radius 3 is 2.33 bits per heavy atom. The molecule has 0 spiro atoms. The van der Waals surface area contributed by atoms with Gasteiger partial charge in [0.2, 0.25) is 0 Å². The Hall–Kier alpha value is -1.25. The fraction of sp³-hybridized carbons (Fsp3) is 0.583. The largest absolute Gasteiger partial charge is 0.396 e. The summed E-state index contributed by atoms with van der Waals surface area (Å²) in [6.45, 7) is 8.40. The molecule has 0 bridgehead atoms. The Bertz CT molecular complexity index is 304. The summed E-state index contributed by atoms with van der Waals surface area (Å²) in [5, 5.41) is 0. The van der Waals surface area contributed by atoms with Crippen molar-refractivity contribution in [1.29, 1.82) is 0 Å². The highest BCUT2D eigenvalue weighted by Gasteiger charge is 2.09. The van der Waals surface area contributed by atoms with Crippen LogP contribution in [0.15, 0.2) is 12.3 Å². The summed E-state index contributed by atoms with van der Waals surface area (Å²) in [6, 6.07) is 1.99. The van der Waals surface area contributed by atoms with Gasteiger partial charge in [0.1, 0.15) is 0 Å². The lowest BCUT2D eigenvalue weighted by Gasteiger charge is -2.23. The molecule has 0 fully saturated rings. The van der Waals surface area contributed by atoms with E-state index in [0.717, 1.165) is 43.0 Å². The Labute approximate surface area is 92.3 Å². The molecule has 0 radical (unpaired) electrons. The van der Waals surface area contributed by atoms with E-state index in [1.807, 2.05) is 19.2 Å². The molecule has 1 heterocycles. The van der Waals surface area contributed by atoms with Crippen LogP contribution in [0.3, 0.4) is 0 Å². The van der Waals surface area contributed by atoms with Crippen LogP contribution in [0, 0.1) is 6.92 Å². The van der Waals surface area contributed by atoms with Crippen LogP contribution in [-0.2, 0) is 0 Å². The minimum atomic E-state index is 0.789. The van der Waals surface area contributed by atoms with Gasteiger partial charge in [0.25, 0.3) is 0 Å². The molecule has 0 atom stereocenters. The number of hydrogen-bond donors (Lipinski definition) is 1. The highest BCUT2D eigenvalue weighted by molar-refractivity contribution is 5.63. The second kappa shape index (κ2) is 5.59. The molecule has 2 N–H and O–H groups in total. The Morgan fingerprint density at radius 2 is 1.87 bits per heavy atom. The minimum Gasteiger partial charge on any atom is -0.396 e. The fourth-order valence-electron chi connectivity index (χ4n) is 1.71. The third kappa shape index (κ3) is 3.11. The van der Waals surface area contributed by atoms with Crippen molar-refractivity contribution in [3.63, 3.8) is 0 Å². The van der Waals surface area contributed by atoms with Crippen molar-refractivity contribution in [1.82, 2.24) is 4.98 Å². The standard InChI is InChI=1S/C12H21N3/c1-4-6-15(7-5-2)12-11(13)8-10(3)9-14-12/h8-9H,4-7,13H2,1-3H3. The van der Waals surface area contributed by atoms with Gasteiger partial charge < -0.3 is 10.6 Å². The summed E-state index contributed by atoms with van der Waals surface area (Å²) < 4.78 is 0. The highest BCUT2D eigenvalue weighted by Crippen LogP contribution is 2.21. The van der Waals surface area contributed by atoms with Gasteiger partial charge in [-0.3, -0.25) is 0 Å². The van der Waals surface area contributed by atoms with Crippen molar-refractivity contribution >= 4 is 11.5 Å². The molecule has 0 saturated carbocycles. The zero-order valence-corrected chi connectivity index (χ0v) is 9.95. The predicted octanol–water partition coefficient (Wildman–Crippen LogP) is 2.60. The smallest absolute Gasteiger partial charge is 0.151 e. The molecule has 0 aromatic carbocycles. The van der Waals surface area contributed by atoms with Gasteiger partial charge in [-0.05, 0) is 31.4 Å². The van der Waals surface area contributed by atoms with E-state index in [1.165, 1.54) is 0 Å². The lowest BCUT2D eigenvalue weighted by molar-refractivity contribution is 0.735. The average Bonchev–Trinajstić information content (AvgIpc) is 2.17. The lowest BCUT2D eigenvalue weighted by atomic mass is 10.2. The van der Waals surface area contributed by atoms with E-state index in [-0.39, 0.29) is 0 Å². The fourth-order valence-corrected chi connectivity index (χ4v) is 1.71. The molecule has 3 heteroatoms. The van der Waals surface area contributed by atoms with Crippen molar-refractivity contribution in [2.45, 2.75) is 33.6 Å². The molecule has 0 aliphatic carbocycles. The molecule has 0 unspecified atom stereocenters. The normalized spacial score (nSPS) is 10.3. The number of aromatic nitrogens is 1. The van der Waals surface area contributed by atoms with Crippen molar-refractivity contribution in [2.75, 3.05) is 23.7 Å². The van der Waals surface area contributed by atoms with E-state index in [1.54, 1.807) is 0 Å². The van der Waals surface area contributed by atoms with Crippen LogP contribution in [0.4, 0.5) is 11.5 Å². The van der Waals surface area contributed by atoms with Crippen LogP contribution in [0.1, 0.15) is 32.3 Å². The molecule has 1 aromatic rings. The molecular formula is C12H21N3. The average molecular weight is 207 g/mol. The van der Waals surface area contributed by atoms with E-state index in [9.17, 15) is 0 Å². The van der Waals surface area contributed by atoms with Gasteiger partial charge in [-0.2, -0.15) is 0 Å². The Kier molecular flexibility index (Phi) is 4.40. The molecule has 1 aromatic heterocycles. The zero-order chi connectivity index (χ0) is 11.3. The van der Waals surface area contributed by atoms with Crippen LogP contribution in [0.5, 0.6) is 0 Å². The van der Waals surface area contributed by atoms with Gasteiger partial charge >= 0.3 is 0 Å². The van der Waals surface area contributed by atoms with Crippen LogP contribution in [-0.4, -0.2) is 18.1 Å². The molecule has 0 aliphatic rings. The van der Waals surface area contributed by atoms with Crippen molar-refractivity contribution in [3.05, 3.63) is 17.8 Å². The predicted molar refractivity (Wildman–Crippen MR) is 66.2 cm³/mol. The third-order valence-corrected chi connectivity index (χ3v) is 2.32. The first kappa shape index (κ1) is 11.8. The molecule has 84 valence electrons. The summed E-state index contributed by atoms with van der Waals surface area (Å²) in [4.78, 5) is 6.68. The number of nitrogen functional groups attached to an aromatic ring is 1. The van der Waals surface area contributed by atoms with Crippen molar-refractivity contribution in [3.8, 4) is 0 Å². The van der Waals surface area contributed by atoms with Gasteiger partial charge in [0.05, 0.1) is 5.69 Å². The van der Waals surface area contributed by atoms with Crippen molar-refractivity contribution < 1.29 is 0 Å². The number of hydrogen-bond acceptors (Lipinski definition) is 3.